The first-order chi connectivity index (χ1) is 8.22. The lowest BCUT2D eigenvalue weighted by Gasteiger charge is -2.18. The van der Waals surface area contributed by atoms with Gasteiger partial charge in [0, 0.05) is 24.6 Å². The van der Waals surface area contributed by atoms with Gasteiger partial charge in [-0.05, 0) is 37.2 Å². The number of hydrogen-bond donors (Lipinski definition) is 2. The molecule has 0 aliphatic rings. The summed E-state index contributed by atoms with van der Waals surface area (Å²) in [7, 11) is 4.05. The molecule has 0 saturated carbocycles. The number of aromatic nitrogens is 1. The van der Waals surface area contributed by atoms with Crippen LogP contribution in [0.25, 0.3) is 0 Å². The van der Waals surface area contributed by atoms with Gasteiger partial charge in [0.15, 0.2) is 0 Å². The second kappa shape index (κ2) is 5.06. The number of likely N-dealkylation sites (N-methyl/N-ethyl adjacent to an activating group) is 1. The van der Waals surface area contributed by atoms with Crippen molar-refractivity contribution in [1.82, 2.24) is 9.88 Å². The number of anilines is 1. The van der Waals surface area contributed by atoms with Crippen molar-refractivity contribution in [2.75, 3.05) is 12.8 Å². The quantitative estimate of drug-likeness (QED) is 0.789. The van der Waals surface area contributed by atoms with E-state index in [1.807, 2.05) is 25.2 Å². The largest absolute Gasteiger partial charge is 0.399 e. The number of nitrogens with zero attached hydrogens (tertiary/aromatic N) is 1. The minimum absolute atomic E-state index is 0.291. The van der Waals surface area contributed by atoms with Crippen LogP contribution in [0.15, 0.2) is 42.6 Å². The number of nitrogens with one attached hydrogen (secondary N) is 1. The van der Waals surface area contributed by atoms with E-state index in [9.17, 15) is 0 Å². The Bertz CT molecular complexity index is 488. The molecule has 1 aromatic carbocycles. The first kappa shape index (κ1) is 11.7. The number of nitrogen functional groups attached to an aromatic ring is 1. The number of aryl methyl sites for hydroxylation is 1. The summed E-state index contributed by atoms with van der Waals surface area (Å²) in [6.45, 7) is 0. The van der Waals surface area contributed by atoms with Crippen LogP contribution in [0.3, 0.4) is 0 Å². The Morgan fingerprint density at radius 1 is 1.24 bits per heavy atom. The third-order valence-electron chi connectivity index (χ3n) is 3.17. The van der Waals surface area contributed by atoms with Crippen LogP contribution in [0.2, 0.25) is 0 Å². The molecule has 1 atom stereocenters. The molecule has 0 fully saturated rings. The summed E-state index contributed by atoms with van der Waals surface area (Å²) in [6, 6.07) is 12.5. The standard InChI is InChI=1S/C14H19N3/c1-16-13(14-8-5-9-17(14)2)10-11-6-3-4-7-12(11)15/h3-9,13,16H,10,15H2,1-2H3. The van der Waals surface area contributed by atoms with Crippen LogP contribution in [-0.2, 0) is 13.5 Å². The summed E-state index contributed by atoms with van der Waals surface area (Å²) in [4.78, 5) is 0. The summed E-state index contributed by atoms with van der Waals surface area (Å²) in [5.41, 5.74) is 9.31. The molecule has 90 valence electrons. The van der Waals surface area contributed by atoms with Crippen LogP contribution in [0.4, 0.5) is 5.69 Å². The zero-order valence-electron chi connectivity index (χ0n) is 10.4. The van der Waals surface area contributed by atoms with E-state index in [0.29, 0.717) is 6.04 Å². The Kier molecular flexibility index (Phi) is 3.49. The van der Waals surface area contributed by atoms with E-state index in [2.05, 4.69) is 41.3 Å². The topological polar surface area (TPSA) is 43.0 Å². The van der Waals surface area contributed by atoms with Crippen molar-refractivity contribution in [3.63, 3.8) is 0 Å². The number of rotatable bonds is 4. The van der Waals surface area contributed by atoms with Gasteiger partial charge in [-0.1, -0.05) is 18.2 Å². The smallest absolute Gasteiger partial charge is 0.0513 e. The first-order valence-corrected chi connectivity index (χ1v) is 5.84. The van der Waals surface area contributed by atoms with Crippen LogP contribution in [0.5, 0.6) is 0 Å². The van der Waals surface area contributed by atoms with Crippen molar-refractivity contribution in [3.8, 4) is 0 Å². The van der Waals surface area contributed by atoms with Gasteiger partial charge in [-0.2, -0.15) is 0 Å². The van der Waals surface area contributed by atoms with E-state index in [4.69, 9.17) is 5.73 Å². The number of nitrogens with two attached hydrogens (primary N) is 1. The third kappa shape index (κ3) is 2.50. The third-order valence-corrected chi connectivity index (χ3v) is 3.17. The van der Waals surface area contributed by atoms with Gasteiger partial charge in [-0.3, -0.25) is 0 Å². The van der Waals surface area contributed by atoms with Crippen LogP contribution in [0.1, 0.15) is 17.3 Å². The molecule has 1 heterocycles. The highest BCUT2D eigenvalue weighted by atomic mass is 15.0. The molecule has 0 saturated heterocycles. The van der Waals surface area contributed by atoms with Gasteiger partial charge in [0.05, 0.1) is 6.04 Å². The molecule has 1 aromatic heterocycles. The molecule has 0 radical (unpaired) electrons. The summed E-state index contributed by atoms with van der Waals surface area (Å²) < 4.78 is 2.14. The van der Waals surface area contributed by atoms with E-state index < -0.39 is 0 Å². The molecule has 0 spiro atoms. The first-order valence-electron chi connectivity index (χ1n) is 5.84. The second-order valence-corrected chi connectivity index (χ2v) is 4.29. The highest BCUT2D eigenvalue weighted by molar-refractivity contribution is 5.47. The van der Waals surface area contributed by atoms with Crippen molar-refractivity contribution in [1.29, 1.82) is 0 Å². The molecule has 3 nitrogen and oxygen atoms in total. The molecule has 3 N–H and O–H groups in total. The Labute approximate surface area is 102 Å². The van der Waals surface area contributed by atoms with Crippen molar-refractivity contribution in [3.05, 3.63) is 53.9 Å². The zero-order chi connectivity index (χ0) is 12.3. The normalized spacial score (nSPS) is 12.6. The zero-order valence-corrected chi connectivity index (χ0v) is 10.4. The molecule has 0 aliphatic heterocycles. The van der Waals surface area contributed by atoms with Crippen molar-refractivity contribution >= 4 is 5.69 Å². The number of hydrogen-bond acceptors (Lipinski definition) is 2. The molecule has 3 heteroatoms. The molecule has 0 amide bonds. The van der Waals surface area contributed by atoms with Gasteiger partial charge >= 0.3 is 0 Å². The SMILES string of the molecule is CNC(Cc1ccccc1N)c1cccn1C. The Morgan fingerprint density at radius 2 is 2.00 bits per heavy atom. The van der Waals surface area contributed by atoms with Gasteiger partial charge in [0.2, 0.25) is 0 Å². The lowest BCUT2D eigenvalue weighted by Crippen LogP contribution is -2.21. The van der Waals surface area contributed by atoms with Gasteiger partial charge in [-0.15, -0.1) is 0 Å². The van der Waals surface area contributed by atoms with Gasteiger partial charge in [-0.25, -0.2) is 0 Å². The molecule has 1 unspecified atom stereocenters. The number of para-hydroxylation sites is 1. The lowest BCUT2D eigenvalue weighted by atomic mass is 10.0. The van der Waals surface area contributed by atoms with Gasteiger partial charge < -0.3 is 15.6 Å². The van der Waals surface area contributed by atoms with Gasteiger partial charge in [0.25, 0.3) is 0 Å². The summed E-state index contributed by atoms with van der Waals surface area (Å²) >= 11 is 0. The fourth-order valence-electron chi connectivity index (χ4n) is 2.13. The van der Waals surface area contributed by atoms with E-state index in [1.54, 1.807) is 0 Å². The molecule has 0 bridgehead atoms. The molecule has 2 aromatic rings. The summed E-state index contributed by atoms with van der Waals surface area (Å²) in [5, 5.41) is 3.34. The monoisotopic (exact) mass is 229 g/mol. The second-order valence-electron chi connectivity index (χ2n) is 4.29. The van der Waals surface area contributed by atoms with Crippen molar-refractivity contribution in [2.45, 2.75) is 12.5 Å². The Morgan fingerprint density at radius 3 is 2.59 bits per heavy atom. The molecular weight excluding hydrogens is 210 g/mol. The Hall–Kier alpha value is -1.74. The maximum absolute atomic E-state index is 5.98. The molecule has 0 aliphatic carbocycles. The highest BCUT2D eigenvalue weighted by Crippen LogP contribution is 2.21. The fraction of sp³-hybridized carbons (Fsp3) is 0.286. The van der Waals surface area contributed by atoms with E-state index in [-0.39, 0.29) is 0 Å². The van der Waals surface area contributed by atoms with Crippen molar-refractivity contribution < 1.29 is 0 Å². The van der Waals surface area contributed by atoms with E-state index in [0.717, 1.165) is 12.1 Å². The predicted molar refractivity (Wildman–Crippen MR) is 71.8 cm³/mol. The molecular formula is C14H19N3. The lowest BCUT2D eigenvalue weighted by molar-refractivity contribution is 0.555. The van der Waals surface area contributed by atoms with Crippen molar-refractivity contribution in [2.24, 2.45) is 7.05 Å². The van der Waals surface area contributed by atoms with Crippen LogP contribution >= 0.6 is 0 Å². The minimum atomic E-state index is 0.291. The fourth-order valence-corrected chi connectivity index (χ4v) is 2.13. The highest BCUT2D eigenvalue weighted by Gasteiger charge is 2.13. The van der Waals surface area contributed by atoms with E-state index >= 15 is 0 Å². The van der Waals surface area contributed by atoms with Crippen LogP contribution < -0.4 is 11.1 Å². The predicted octanol–water partition coefficient (Wildman–Crippen LogP) is 2.11. The average Bonchev–Trinajstić information content (AvgIpc) is 2.75. The Balaban J connectivity index is 2.22. The number of benzene rings is 1. The summed E-state index contributed by atoms with van der Waals surface area (Å²) in [6.07, 6.45) is 2.97. The maximum Gasteiger partial charge on any atom is 0.0513 e. The summed E-state index contributed by atoms with van der Waals surface area (Å²) in [5.74, 6) is 0. The molecule has 17 heavy (non-hydrogen) atoms. The van der Waals surface area contributed by atoms with Crippen LogP contribution in [-0.4, -0.2) is 11.6 Å². The van der Waals surface area contributed by atoms with E-state index in [1.165, 1.54) is 11.3 Å². The van der Waals surface area contributed by atoms with Crippen LogP contribution in [0, 0.1) is 0 Å². The minimum Gasteiger partial charge on any atom is -0.399 e. The average molecular weight is 229 g/mol. The maximum atomic E-state index is 5.98. The van der Waals surface area contributed by atoms with Gasteiger partial charge in [0.1, 0.15) is 0 Å². The molecule has 2 rings (SSSR count).